The van der Waals surface area contributed by atoms with Crippen LogP contribution in [0.15, 0.2) is 16.5 Å². The number of halogens is 6. The maximum absolute atomic E-state index is 14.5. The van der Waals surface area contributed by atoms with Crippen molar-refractivity contribution in [3.8, 4) is 0 Å². The summed E-state index contributed by atoms with van der Waals surface area (Å²) in [7, 11) is -1.71. The van der Waals surface area contributed by atoms with E-state index in [0.29, 0.717) is 12.8 Å². The molecule has 0 aromatic heterocycles. The van der Waals surface area contributed by atoms with E-state index in [0.717, 1.165) is 6.07 Å². The van der Waals surface area contributed by atoms with E-state index in [2.05, 4.69) is 4.40 Å². The van der Waals surface area contributed by atoms with Gasteiger partial charge < -0.3 is 0 Å². The van der Waals surface area contributed by atoms with Gasteiger partial charge >= 0.3 is 6.18 Å². The third-order valence-corrected chi connectivity index (χ3v) is 6.64. The van der Waals surface area contributed by atoms with Gasteiger partial charge in [-0.05, 0) is 70.9 Å². The van der Waals surface area contributed by atoms with E-state index in [-0.39, 0.29) is 36.5 Å². The van der Waals surface area contributed by atoms with E-state index in [9.17, 15) is 26.2 Å². The average molecular weight is 444 g/mol. The Bertz CT molecular complexity index is 765. The Morgan fingerprint density at radius 2 is 1.71 bits per heavy atom. The molecular formula is C19H23ClF5NOS. The standard InChI is InChI=1S/C19H23ClF5NOS/c1-18(2,3)28(27)26-15(13-8-9-14(21)16(20)17(13)22)10-11-4-6-12(7-5-11)19(23,24)25/h8-9,11-12H,4-7,10H2,1-3H3/t11?,12?,28-/m1/s1. The molecule has 1 fully saturated rings. The van der Waals surface area contributed by atoms with E-state index >= 15 is 0 Å². The molecule has 0 heterocycles. The Morgan fingerprint density at radius 3 is 2.21 bits per heavy atom. The molecule has 0 saturated heterocycles. The monoisotopic (exact) mass is 443 g/mol. The highest BCUT2D eigenvalue weighted by Gasteiger charge is 2.41. The van der Waals surface area contributed by atoms with E-state index in [4.69, 9.17) is 11.6 Å². The van der Waals surface area contributed by atoms with Crippen LogP contribution >= 0.6 is 11.6 Å². The highest BCUT2D eigenvalue weighted by atomic mass is 35.5. The molecule has 1 saturated carbocycles. The molecule has 1 atom stereocenters. The summed E-state index contributed by atoms with van der Waals surface area (Å²) in [5.74, 6) is -3.41. The normalized spacial score (nSPS) is 23.0. The summed E-state index contributed by atoms with van der Waals surface area (Å²) in [5, 5.41) is -0.687. The summed E-state index contributed by atoms with van der Waals surface area (Å²) < 4.78 is 82.6. The van der Waals surface area contributed by atoms with E-state index in [1.807, 2.05) is 0 Å². The topological polar surface area (TPSA) is 29.4 Å². The largest absolute Gasteiger partial charge is 0.391 e. The zero-order chi connectivity index (χ0) is 21.3. The summed E-state index contributed by atoms with van der Waals surface area (Å²) >= 11 is 5.66. The van der Waals surface area contributed by atoms with Gasteiger partial charge in [-0.1, -0.05) is 11.6 Å². The molecule has 0 bridgehead atoms. The Kier molecular flexibility index (Phi) is 7.29. The van der Waals surface area contributed by atoms with Gasteiger partial charge in [0, 0.05) is 5.56 Å². The van der Waals surface area contributed by atoms with Crippen LogP contribution in [0.4, 0.5) is 22.0 Å². The number of rotatable bonds is 4. The van der Waals surface area contributed by atoms with Crippen molar-refractivity contribution < 1.29 is 26.2 Å². The van der Waals surface area contributed by atoms with Gasteiger partial charge in [-0.15, -0.1) is 0 Å². The molecule has 2 nitrogen and oxygen atoms in total. The maximum atomic E-state index is 14.5. The Balaban J connectivity index is 2.30. The molecule has 158 valence electrons. The van der Waals surface area contributed by atoms with Gasteiger partial charge in [-0.25, -0.2) is 13.0 Å². The first-order valence-corrected chi connectivity index (χ1v) is 10.5. The van der Waals surface area contributed by atoms with Crippen LogP contribution in [-0.2, 0) is 11.0 Å². The van der Waals surface area contributed by atoms with Crippen molar-refractivity contribution in [3.05, 3.63) is 34.4 Å². The molecule has 2 rings (SSSR count). The lowest BCUT2D eigenvalue weighted by molar-refractivity contribution is -0.183. The summed E-state index contributed by atoms with van der Waals surface area (Å²) in [4.78, 5) is 0. The van der Waals surface area contributed by atoms with Gasteiger partial charge in [0.15, 0.2) is 5.82 Å². The molecule has 0 N–H and O–H groups in total. The summed E-state index contributed by atoms with van der Waals surface area (Å²) in [6.07, 6.45) is -3.45. The number of benzene rings is 1. The molecule has 0 spiro atoms. The van der Waals surface area contributed by atoms with Crippen molar-refractivity contribution in [2.24, 2.45) is 16.2 Å². The fourth-order valence-electron chi connectivity index (χ4n) is 3.15. The lowest BCUT2D eigenvalue weighted by Crippen LogP contribution is -2.29. The van der Waals surface area contributed by atoms with Crippen LogP contribution in [0.5, 0.6) is 0 Å². The van der Waals surface area contributed by atoms with Crippen LogP contribution in [0.25, 0.3) is 0 Å². The van der Waals surface area contributed by atoms with Crippen LogP contribution in [0.2, 0.25) is 5.02 Å². The van der Waals surface area contributed by atoms with Crippen molar-refractivity contribution in [2.45, 2.75) is 63.8 Å². The Morgan fingerprint density at radius 1 is 1.14 bits per heavy atom. The Labute approximate surface area is 169 Å². The van der Waals surface area contributed by atoms with Crippen LogP contribution < -0.4 is 0 Å². The summed E-state index contributed by atoms with van der Waals surface area (Å²) in [6.45, 7) is 5.10. The average Bonchev–Trinajstić information content (AvgIpc) is 2.58. The van der Waals surface area contributed by atoms with E-state index < -0.39 is 44.5 Å². The Hall–Kier alpha value is -1.02. The van der Waals surface area contributed by atoms with Crippen molar-refractivity contribution in [2.75, 3.05) is 0 Å². The second-order valence-electron chi connectivity index (χ2n) is 8.09. The zero-order valence-corrected chi connectivity index (χ0v) is 17.4. The fraction of sp³-hybridized carbons (Fsp3) is 0.632. The molecule has 0 radical (unpaired) electrons. The fourth-order valence-corrected chi connectivity index (χ4v) is 3.96. The molecule has 0 unspecified atom stereocenters. The first-order chi connectivity index (χ1) is 12.8. The number of alkyl halides is 3. The molecule has 28 heavy (non-hydrogen) atoms. The molecular weight excluding hydrogens is 421 g/mol. The van der Waals surface area contributed by atoms with Gasteiger partial charge in [0.2, 0.25) is 0 Å². The summed E-state index contributed by atoms with van der Waals surface area (Å²) in [6, 6.07) is 2.17. The third kappa shape index (κ3) is 5.75. The number of hydrogen-bond donors (Lipinski definition) is 0. The number of hydrogen-bond acceptors (Lipinski definition) is 1. The van der Waals surface area contributed by atoms with Crippen molar-refractivity contribution in [1.29, 1.82) is 0 Å². The molecule has 9 heteroatoms. The minimum absolute atomic E-state index is 0.00351. The van der Waals surface area contributed by atoms with Crippen LogP contribution in [0.1, 0.15) is 58.4 Å². The predicted molar refractivity (Wildman–Crippen MR) is 102 cm³/mol. The highest BCUT2D eigenvalue weighted by molar-refractivity contribution is 7.85. The molecule has 1 aromatic rings. The summed E-state index contributed by atoms with van der Waals surface area (Å²) in [5.41, 5.74) is 0.0741. The second-order valence-corrected chi connectivity index (χ2v) is 10.4. The van der Waals surface area contributed by atoms with Gasteiger partial charge in [0.1, 0.15) is 21.8 Å². The molecule has 1 aliphatic rings. The van der Waals surface area contributed by atoms with Gasteiger partial charge in [-0.3, -0.25) is 0 Å². The highest BCUT2D eigenvalue weighted by Crippen LogP contribution is 2.41. The van der Waals surface area contributed by atoms with E-state index in [1.165, 1.54) is 6.07 Å². The first kappa shape index (κ1) is 23.3. The van der Waals surface area contributed by atoms with Crippen LogP contribution in [0, 0.1) is 23.5 Å². The van der Waals surface area contributed by atoms with Crippen molar-refractivity contribution in [1.82, 2.24) is 0 Å². The SMILES string of the molecule is CC(C)(C)[S@@](=O)N=C(CC1CCC(C(F)(F)F)CC1)c1ccc(F)c(Cl)c1F. The lowest BCUT2D eigenvalue weighted by Gasteiger charge is -2.30. The minimum atomic E-state index is -4.22. The molecule has 1 aliphatic carbocycles. The van der Waals surface area contributed by atoms with E-state index in [1.54, 1.807) is 20.8 Å². The van der Waals surface area contributed by atoms with Crippen LogP contribution in [-0.4, -0.2) is 20.8 Å². The van der Waals surface area contributed by atoms with Crippen LogP contribution in [0.3, 0.4) is 0 Å². The van der Waals surface area contributed by atoms with Gasteiger partial charge in [0.05, 0.1) is 16.4 Å². The lowest BCUT2D eigenvalue weighted by atomic mass is 9.79. The molecule has 0 amide bonds. The minimum Gasteiger partial charge on any atom is -0.234 e. The van der Waals surface area contributed by atoms with Gasteiger partial charge in [-0.2, -0.15) is 17.6 Å². The van der Waals surface area contributed by atoms with Crippen molar-refractivity contribution >= 4 is 28.3 Å². The third-order valence-electron chi connectivity index (χ3n) is 4.85. The van der Waals surface area contributed by atoms with Gasteiger partial charge in [0.25, 0.3) is 0 Å². The number of nitrogens with zero attached hydrogens (tertiary/aromatic N) is 1. The van der Waals surface area contributed by atoms with Crippen molar-refractivity contribution in [3.63, 3.8) is 0 Å². The second kappa shape index (κ2) is 8.78. The smallest absolute Gasteiger partial charge is 0.234 e. The maximum Gasteiger partial charge on any atom is 0.391 e. The molecule has 1 aromatic carbocycles. The first-order valence-electron chi connectivity index (χ1n) is 9.01. The molecule has 0 aliphatic heterocycles. The predicted octanol–water partition coefficient (Wildman–Crippen LogP) is 6.63. The zero-order valence-electron chi connectivity index (χ0n) is 15.9. The quantitative estimate of drug-likeness (QED) is 0.292.